The van der Waals surface area contributed by atoms with Crippen LogP contribution in [0, 0.1) is 17.8 Å². The molecule has 3 heterocycles. The van der Waals surface area contributed by atoms with Crippen LogP contribution in [0.1, 0.15) is 70.1 Å². The second-order valence-electron chi connectivity index (χ2n) is 14.3. The highest BCUT2D eigenvalue weighted by Gasteiger charge is 2.76. The average molecular weight is 700 g/mol. The fourth-order valence-corrected chi connectivity index (χ4v) is 8.30. The molecule has 2 bridgehead atoms. The quantitative estimate of drug-likeness (QED) is 0.181. The van der Waals surface area contributed by atoms with Crippen molar-refractivity contribution in [3.8, 4) is 0 Å². The van der Waals surface area contributed by atoms with Crippen molar-refractivity contribution in [3.63, 3.8) is 0 Å². The highest BCUT2D eigenvalue weighted by Crippen LogP contribution is 2.59. The molecule has 1 spiro atoms. The van der Waals surface area contributed by atoms with Crippen molar-refractivity contribution >= 4 is 23.7 Å². The number of aliphatic hydroxyl groups excluding tert-OH is 1. The molecule has 9 atom stereocenters. The number of hydrogen-bond acceptors (Lipinski definition) is 7. The van der Waals surface area contributed by atoms with Crippen LogP contribution in [0.3, 0.4) is 0 Å². The molecule has 274 valence electrons. The van der Waals surface area contributed by atoms with E-state index in [1.807, 2.05) is 81.4 Å². The van der Waals surface area contributed by atoms with Crippen molar-refractivity contribution < 1.29 is 33.8 Å². The van der Waals surface area contributed by atoms with Gasteiger partial charge in [0.05, 0.1) is 36.6 Å². The molecule has 3 saturated heterocycles. The molecule has 3 aliphatic rings. The molecule has 5 rings (SSSR count). The van der Waals surface area contributed by atoms with Crippen LogP contribution in [0.5, 0.6) is 0 Å². The summed E-state index contributed by atoms with van der Waals surface area (Å²) in [5, 5.41) is 10.7. The number of allylic oxidation sites excluding steroid dienone is 1. The number of hydrogen-bond donors (Lipinski definition) is 1. The smallest absolute Gasteiger partial charge is 0.313 e. The number of ether oxygens (including phenoxy) is 2. The van der Waals surface area contributed by atoms with Gasteiger partial charge in [0.25, 0.3) is 0 Å². The molecular weight excluding hydrogens is 646 g/mol. The van der Waals surface area contributed by atoms with Gasteiger partial charge in [0.15, 0.2) is 0 Å². The molecule has 3 aliphatic heterocycles. The summed E-state index contributed by atoms with van der Waals surface area (Å²) in [7, 11) is 1.69. The largest absolute Gasteiger partial charge is 0.455 e. The Labute approximate surface area is 302 Å². The zero-order chi connectivity index (χ0) is 36.9. The maximum Gasteiger partial charge on any atom is 0.313 e. The number of fused-ring (bicyclic) bond motifs is 1. The summed E-state index contributed by atoms with van der Waals surface area (Å²) in [4.78, 5) is 62.0. The predicted octanol–water partition coefficient (Wildman–Crippen LogP) is 5.08. The zero-order valence-corrected chi connectivity index (χ0v) is 30.4. The standard InChI is InChI=1S/C41H53N3O7/c1-7-10-21-33(46)42(6)28(5)36(30-19-15-12-16-20-30)50-40(49)34-32-22-23-41(51-32)35(34)38(47)44(31(26-45)27(4)9-3)37(41)39(48)43(24-8-2)25-29-17-13-11-14-18-29/h7-8,11-20,27-28,31-32,34-37,45H,1-2,9-10,21-26H2,3-6H3/t27-,28-,31-,32-,34+,35+,36+,37-,41+/m0/s1. The van der Waals surface area contributed by atoms with Gasteiger partial charge in [-0.2, -0.15) is 0 Å². The Hall–Kier alpha value is -4.28. The Kier molecular flexibility index (Phi) is 12.2. The van der Waals surface area contributed by atoms with Crippen LogP contribution in [-0.4, -0.2) is 93.5 Å². The lowest BCUT2D eigenvalue weighted by Crippen LogP contribution is -2.59. The van der Waals surface area contributed by atoms with E-state index in [1.54, 1.807) is 29.0 Å². The Morgan fingerprint density at radius 1 is 1.08 bits per heavy atom. The first kappa shape index (κ1) is 38.0. The lowest BCUT2D eigenvalue weighted by atomic mass is 9.70. The van der Waals surface area contributed by atoms with Gasteiger partial charge in [0, 0.05) is 26.6 Å². The predicted molar refractivity (Wildman–Crippen MR) is 194 cm³/mol. The van der Waals surface area contributed by atoms with Crippen LogP contribution in [0.25, 0.3) is 0 Å². The van der Waals surface area contributed by atoms with Gasteiger partial charge >= 0.3 is 5.97 Å². The third-order valence-electron chi connectivity index (χ3n) is 11.3. The fraction of sp³-hybridized carbons (Fsp3) is 0.512. The summed E-state index contributed by atoms with van der Waals surface area (Å²) in [5.41, 5.74) is 0.363. The lowest BCUT2D eigenvalue weighted by molar-refractivity contribution is -0.165. The van der Waals surface area contributed by atoms with E-state index in [4.69, 9.17) is 9.47 Å². The van der Waals surface area contributed by atoms with Gasteiger partial charge in [-0.3, -0.25) is 19.2 Å². The molecule has 2 aromatic carbocycles. The van der Waals surface area contributed by atoms with E-state index < -0.39 is 53.7 Å². The van der Waals surface area contributed by atoms with Crippen LogP contribution in [0.2, 0.25) is 0 Å². The number of rotatable bonds is 17. The molecule has 0 aromatic heterocycles. The Morgan fingerprint density at radius 2 is 1.75 bits per heavy atom. The molecule has 0 aliphatic carbocycles. The SMILES string of the molecule is C=CCCC(=O)N(C)[C@@H](C)[C@@H](OC(=O)[C@@H]1[C@@H]2CC[C@]3(O2)[C@H](C(=O)N(CC=C)Cc2ccccc2)N([C@@H](CO)[C@@H](C)CC)C(=O)[C@@H]13)c1ccccc1. The summed E-state index contributed by atoms with van der Waals surface area (Å²) < 4.78 is 13.1. The second kappa shape index (κ2) is 16.4. The molecule has 0 unspecified atom stereocenters. The van der Waals surface area contributed by atoms with Crippen LogP contribution >= 0.6 is 0 Å². The summed E-state index contributed by atoms with van der Waals surface area (Å²) in [6.07, 6.45) is 4.25. The van der Waals surface area contributed by atoms with E-state index in [1.165, 1.54) is 4.90 Å². The summed E-state index contributed by atoms with van der Waals surface area (Å²) in [6.45, 7) is 13.6. The van der Waals surface area contributed by atoms with Crippen molar-refractivity contribution in [3.05, 3.63) is 97.1 Å². The number of likely N-dealkylation sites (tertiary alicyclic amines) is 1. The van der Waals surface area contributed by atoms with E-state index in [2.05, 4.69) is 13.2 Å². The summed E-state index contributed by atoms with van der Waals surface area (Å²) >= 11 is 0. The highest BCUT2D eigenvalue weighted by molar-refractivity contribution is 5.98. The van der Waals surface area contributed by atoms with E-state index in [0.29, 0.717) is 37.8 Å². The molecule has 0 radical (unpaired) electrons. The molecule has 2 aromatic rings. The number of nitrogens with zero attached hydrogens (tertiary/aromatic N) is 3. The Balaban J connectivity index is 1.52. The lowest BCUT2D eigenvalue weighted by Gasteiger charge is -2.41. The van der Waals surface area contributed by atoms with Gasteiger partial charge < -0.3 is 29.3 Å². The van der Waals surface area contributed by atoms with Crippen molar-refractivity contribution in [2.24, 2.45) is 17.8 Å². The molecule has 10 nitrogen and oxygen atoms in total. The summed E-state index contributed by atoms with van der Waals surface area (Å²) in [6, 6.07) is 16.6. The molecular formula is C41H53N3O7. The van der Waals surface area contributed by atoms with Crippen molar-refractivity contribution in [1.82, 2.24) is 14.7 Å². The van der Waals surface area contributed by atoms with E-state index >= 15 is 0 Å². The molecule has 10 heteroatoms. The number of likely N-dealkylation sites (N-methyl/N-ethyl adjacent to an activating group) is 1. The van der Waals surface area contributed by atoms with Crippen LogP contribution in [0.4, 0.5) is 0 Å². The van der Waals surface area contributed by atoms with Crippen molar-refractivity contribution in [2.75, 3.05) is 20.2 Å². The number of esters is 1. The molecule has 0 saturated carbocycles. The first-order valence-electron chi connectivity index (χ1n) is 18.2. The first-order chi connectivity index (χ1) is 24.5. The summed E-state index contributed by atoms with van der Waals surface area (Å²) in [5.74, 6) is -3.47. The fourth-order valence-electron chi connectivity index (χ4n) is 8.30. The Bertz CT molecular complexity index is 1570. The zero-order valence-electron chi connectivity index (χ0n) is 30.4. The van der Waals surface area contributed by atoms with Crippen molar-refractivity contribution in [2.45, 2.75) is 95.4 Å². The molecule has 3 amide bonds. The van der Waals surface area contributed by atoms with Gasteiger partial charge in [0.1, 0.15) is 17.7 Å². The van der Waals surface area contributed by atoms with Crippen LogP contribution < -0.4 is 0 Å². The molecule has 1 N–H and O–H groups in total. The normalized spacial score (nSPS) is 25.7. The number of amides is 3. The number of carbonyl (C=O) groups excluding carboxylic acids is 4. The van der Waals surface area contributed by atoms with Gasteiger partial charge in [-0.25, -0.2) is 0 Å². The monoisotopic (exact) mass is 699 g/mol. The number of aliphatic hydroxyl groups is 1. The van der Waals surface area contributed by atoms with Crippen LogP contribution in [-0.2, 0) is 35.2 Å². The maximum atomic E-state index is 14.9. The van der Waals surface area contributed by atoms with Gasteiger partial charge in [-0.1, -0.05) is 93.1 Å². The Morgan fingerprint density at radius 3 is 2.35 bits per heavy atom. The third-order valence-corrected chi connectivity index (χ3v) is 11.3. The van der Waals surface area contributed by atoms with E-state index in [9.17, 15) is 24.3 Å². The highest BCUT2D eigenvalue weighted by atomic mass is 16.6. The average Bonchev–Trinajstić information content (AvgIpc) is 3.80. The van der Waals surface area contributed by atoms with E-state index in [-0.39, 0.29) is 43.2 Å². The molecule has 51 heavy (non-hydrogen) atoms. The number of carbonyl (C=O) groups is 4. The van der Waals surface area contributed by atoms with Gasteiger partial charge in [0.2, 0.25) is 17.7 Å². The second-order valence-corrected chi connectivity index (χ2v) is 14.3. The first-order valence-corrected chi connectivity index (χ1v) is 18.2. The van der Waals surface area contributed by atoms with Crippen molar-refractivity contribution in [1.29, 1.82) is 0 Å². The topological polar surface area (TPSA) is 117 Å². The minimum Gasteiger partial charge on any atom is -0.455 e. The third kappa shape index (κ3) is 7.26. The maximum absolute atomic E-state index is 14.9. The van der Waals surface area contributed by atoms with E-state index in [0.717, 1.165) is 5.56 Å². The number of benzene rings is 2. The molecule has 3 fully saturated rings. The minimum absolute atomic E-state index is 0.107. The minimum atomic E-state index is -1.27. The van der Waals surface area contributed by atoms with Crippen LogP contribution in [0.15, 0.2) is 86.0 Å². The van der Waals surface area contributed by atoms with Gasteiger partial charge in [-0.05, 0) is 43.2 Å². The van der Waals surface area contributed by atoms with Gasteiger partial charge in [-0.15, -0.1) is 13.2 Å².